The molecule has 582 valence electrons. The zero-order valence-electron chi connectivity index (χ0n) is 65.5. The number of aromatic nitrogens is 2. The first-order chi connectivity index (χ1) is 49.1. The fourth-order valence-electron chi connectivity index (χ4n) is 12.8. The Labute approximate surface area is 618 Å². The van der Waals surface area contributed by atoms with Crippen molar-refractivity contribution in [1.82, 2.24) is 52.5 Å². The largest absolute Gasteiger partial charge is 0.361 e. The highest BCUT2D eigenvalue weighted by atomic mass is 16.2. The Balaban J connectivity index is 0.000000549. The van der Waals surface area contributed by atoms with Crippen LogP contribution in [0, 0.1) is 41.4 Å². The lowest BCUT2D eigenvalue weighted by Gasteiger charge is -2.24. The Morgan fingerprint density at radius 1 is 0.417 bits per heavy atom. The van der Waals surface area contributed by atoms with Crippen LogP contribution >= 0.6 is 0 Å². The average Bonchev–Trinajstić information content (AvgIpc) is 1.70. The molecule has 22 nitrogen and oxygen atoms in total. The summed E-state index contributed by atoms with van der Waals surface area (Å²) in [4.78, 5) is 117. The molecule has 0 saturated heterocycles. The normalized spacial score (nSPS) is 13.7. The maximum Gasteiger partial charge on any atom is 0.315 e. The SMILES string of the molecule is CC(=O)CC[C@@H](CC(=O)CC[C@H](CCCCN)NC(=O)NC[C@@H](C)Cc1c[nH]c2ccccc12)C(C)C.CC(=O)CC[C@H](Cc1c[nH]c2ccccc12)NC(=O)NC[C@H](CCCCN)CC(=O)CC[C@@H](NC(=O)NC(C)C)C(C)C.CCC(=O)CC[C@H](CCCCN)NC(=O)NC[C@@H](CC)C(C)C. The van der Waals surface area contributed by atoms with E-state index in [1.807, 2.05) is 77.2 Å². The van der Waals surface area contributed by atoms with Crippen molar-refractivity contribution in [2.24, 2.45) is 58.6 Å². The van der Waals surface area contributed by atoms with Gasteiger partial charge in [0.25, 0.3) is 0 Å². The second-order valence-electron chi connectivity index (χ2n) is 30.1. The van der Waals surface area contributed by atoms with Gasteiger partial charge in [0, 0.05) is 135 Å². The Morgan fingerprint density at radius 3 is 1.35 bits per heavy atom. The third kappa shape index (κ3) is 41.8. The Bertz CT molecular complexity index is 3070. The number of ketones is 5. The van der Waals surface area contributed by atoms with E-state index in [0.29, 0.717) is 140 Å². The molecule has 2 heterocycles. The van der Waals surface area contributed by atoms with Gasteiger partial charge in [0.2, 0.25) is 0 Å². The van der Waals surface area contributed by atoms with Crippen molar-refractivity contribution in [2.75, 3.05) is 39.3 Å². The topological polar surface area (TPSA) is 360 Å². The summed E-state index contributed by atoms with van der Waals surface area (Å²) >= 11 is 0. The van der Waals surface area contributed by atoms with Crippen LogP contribution in [0.15, 0.2) is 60.9 Å². The molecule has 22 heteroatoms. The Kier molecular flexibility index (Phi) is 47.8. The maximum atomic E-state index is 13.0. The van der Waals surface area contributed by atoms with E-state index < -0.39 is 0 Å². The van der Waals surface area contributed by atoms with Gasteiger partial charge < -0.3 is 79.3 Å². The highest BCUT2D eigenvalue weighted by molar-refractivity contribution is 5.85. The smallest absolute Gasteiger partial charge is 0.315 e. The highest BCUT2D eigenvalue weighted by Gasteiger charge is 2.25. The second kappa shape index (κ2) is 53.6. The van der Waals surface area contributed by atoms with E-state index in [9.17, 15) is 43.2 Å². The summed E-state index contributed by atoms with van der Waals surface area (Å²) in [6.07, 6.45) is 21.4. The number of nitrogens with one attached hydrogen (secondary N) is 10. The number of hydrogen-bond acceptors (Lipinski definition) is 12. The van der Waals surface area contributed by atoms with E-state index in [4.69, 9.17) is 17.2 Å². The molecule has 0 saturated carbocycles. The highest BCUT2D eigenvalue weighted by Crippen LogP contribution is 2.26. The number of fused-ring (bicyclic) bond motifs is 2. The number of H-pyrrole nitrogens is 2. The number of unbranched alkanes of at least 4 members (excludes halogenated alkanes) is 3. The predicted octanol–water partition coefficient (Wildman–Crippen LogP) is 13.7. The van der Waals surface area contributed by atoms with Crippen molar-refractivity contribution in [2.45, 2.75) is 281 Å². The zero-order chi connectivity index (χ0) is 76.7. The Hall–Kier alpha value is -7.17. The van der Waals surface area contributed by atoms with Gasteiger partial charge >= 0.3 is 24.1 Å². The van der Waals surface area contributed by atoms with Gasteiger partial charge in [-0.2, -0.15) is 0 Å². The summed E-state index contributed by atoms with van der Waals surface area (Å²) in [6, 6.07) is 15.2. The minimum Gasteiger partial charge on any atom is -0.361 e. The minimum absolute atomic E-state index is 0.0104. The van der Waals surface area contributed by atoms with Crippen LogP contribution < -0.4 is 59.7 Å². The van der Waals surface area contributed by atoms with Gasteiger partial charge in [0.15, 0.2) is 0 Å². The maximum absolute atomic E-state index is 13.0. The Morgan fingerprint density at radius 2 is 0.864 bits per heavy atom. The first kappa shape index (κ1) is 91.9. The number of carbonyl (C=O) groups excluding carboxylic acids is 9. The molecule has 0 aliphatic rings. The molecule has 16 N–H and O–H groups in total. The summed E-state index contributed by atoms with van der Waals surface area (Å²) in [5.74, 6) is 2.94. The fraction of sp³-hybridized carbons (Fsp3) is 0.691. The van der Waals surface area contributed by atoms with Crippen LogP contribution in [0.1, 0.15) is 249 Å². The van der Waals surface area contributed by atoms with E-state index >= 15 is 0 Å². The summed E-state index contributed by atoms with van der Waals surface area (Å²) in [6.45, 7) is 29.3. The van der Waals surface area contributed by atoms with Crippen molar-refractivity contribution < 1.29 is 43.2 Å². The van der Waals surface area contributed by atoms with Crippen LogP contribution in [0.3, 0.4) is 0 Å². The van der Waals surface area contributed by atoms with E-state index in [0.717, 1.165) is 99.0 Å². The molecule has 0 radical (unpaired) electrons. The molecule has 2 aromatic carbocycles. The molecular formula is C81H139N13O9. The van der Waals surface area contributed by atoms with Crippen molar-refractivity contribution >= 4 is 74.8 Å². The molecule has 8 atom stereocenters. The van der Waals surface area contributed by atoms with E-state index in [1.54, 1.807) is 13.8 Å². The molecule has 0 aliphatic heterocycles. The van der Waals surface area contributed by atoms with Crippen LogP contribution in [0.4, 0.5) is 19.2 Å². The number of para-hydroxylation sites is 2. The van der Waals surface area contributed by atoms with Gasteiger partial charge in [-0.25, -0.2) is 19.2 Å². The van der Waals surface area contributed by atoms with Crippen LogP contribution in [0.25, 0.3) is 21.8 Å². The number of amides is 8. The minimum atomic E-state index is -0.301. The second-order valence-corrected chi connectivity index (χ2v) is 30.1. The first-order valence-corrected chi connectivity index (χ1v) is 39.1. The lowest BCUT2D eigenvalue weighted by atomic mass is 9.85. The number of aromatic amines is 2. The van der Waals surface area contributed by atoms with Gasteiger partial charge in [0.05, 0.1) is 0 Å². The zero-order valence-corrected chi connectivity index (χ0v) is 65.5. The van der Waals surface area contributed by atoms with Gasteiger partial charge in [0.1, 0.15) is 28.9 Å². The molecule has 0 spiro atoms. The number of Topliss-reactive ketones (excluding diaryl/α,β-unsaturated/α-hetero) is 5. The van der Waals surface area contributed by atoms with Crippen LogP contribution in [0.2, 0.25) is 0 Å². The van der Waals surface area contributed by atoms with E-state index in [1.165, 1.54) is 10.9 Å². The molecular weight excluding hydrogens is 1300 g/mol. The summed E-state index contributed by atoms with van der Waals surface area (Å²) in [5, 5.41) is 26.3. The van der Waals surface area contributed by atoms with Gasteiger partial charge in [-0.3, -0.25) is 14.4 Å². The number of urea groups is 4. The first-order valence-electron chi connectivity index (χ1n) is 39.1. The van der Waals surface area contributed by atoms with Crippen molar-refractivity contribution in [3.63, 3.8) is 0 Å². The third-order valence-corrected chi connectivity index (χ3v) is 19.5. The summed E-state index contributed by atoms with van der Waals surface area (Å²) in [5.41, 5.74) is 21.4. The number of nitrogens with two attached hydrogens (primary N) is 3. The molecule has 2 aromatic heterocycles. The van der Waals surface area contributed by atoms with Crippen LogP contribution in [-0.4, -0.2) is 132 Å². The van der Waals surface area contributed by atoms with Crippen molar-refractivity contribution in [3.05, 3.63) is 72.1 Å². The summed E-state index contributed by atoms with van der Waals surface area (Å²) in [7, 11) is 0. The lowest BCUT2D eigenvalue weighted by molar-refractivity contribution is -0.121. The van der Waals surface area contributed by atoms with Crippen molar-refractivity contribution in [3.8, 4) is 0 Å². The predicted molar refractivity (Wildman–Crippen MR) is 421 cm³/mol. The molecule has 0 aliphatic carbocycles. The standard InChI is InChI=1S/C33H54N6O4.C30H48N4O3.C18H37N3O2/c1-22(2)30(39-33(43)37-23(3)4)16-15-28(41)18-25(10-8-9-17-34)20-36-32(42)38-27(14-13-24(5)40)19-26-21-35-31-12-7-6-11-29(26)31;1-21(2)24(13-12-23(4)35)18-27(36)15-14-26(9-7-8-16-31)34-30(37)33-19-22(3)17-25-20-32-29-11-6-5-10-28(25)29;1-5-15(14(3)4)13-20-18(23)21-16(9-7-8-12-19)10-11-17(22)6-2/h6-7,11-12,21-23,25,27,30,35H,8-10,13-20,34H2,1-5H3,(H2,36,38,42)(H2,37,39,43);5-6,10-11,20-22,24,26,32H,7-9,12-19,31H2,1-4H3,(H2,33,34,37);14-16H,5-13,19H2,1-4H3,(H2,20,21,23)/t25-,27-,30-;22-,24-,26-;15-,16+/m101/s1. The van der Waals surface area contributed by atoms with Crippen molar-refractivity contribution in [1.29, 1.82) is 0 Å². The molecule has 0 bridgehead atoms. The number of hydrogen-bond donors (Lipinski definition) is 13. The van der Waals surface area contributed by atoms with E-state index in [2.05, 4.69) is 112 Å². The van der Waals surface area contributed by atoms with Crippen LogP contribution in [-0.2, 0) is 36.8 Å². The molecule has 4 rings (SSSR count). The molecule has 4 aromatic rings. The number of carbonyl (C=O) groups is 9. The van der Waals surface area contributed by atoms with Crippen LogP contribution in [0.5, 0.6) is 0 Å². The molecule has 103 heavy (non-hydrogen) atoms. The molecule has 0 unspecified atom stereocenters. The average molecular weight is 1440 g/mol. The fourth-order valence-corrected chi connectivity index (χ4v) is 12.8. The van der Waals surface area contributed by atoms with E-state index in [-0.39, 0.29) is 107 Å². The van der Waals surface area contributed by atoms with Gasteiger partial charge in [-0.1, -0.05) is 124 Å². The number of rotatable bonds is 51. The number of benzene rings is 2. The van der Waals surface area contributed by atoms with Gasteiger partial charge in [-0.15, -0.1) is 0 Å². The quantitative estimate of drug-likeness (QED) is 0.0184. The molecule has 0 fully saturated rings. The lowest BCUT2D eigenvalue weighted by Crippen LogP contribution is -2.46. The summed E-state index contributed by atoms with van der Waals surface area (Å²) < 4.78 is 0. The van der Waals surface area contributed by atoms with Gasteiger partial charge in [-0.05, 0) is 195 Å². The molecule has 8 amide bonds. The monoisotopic (exact) mass is 1440 g/mol. The third-order valence-electron chi connectivity index (χ3n) is 19.5.